The molecule has 0 unspecified atom stereocenters. The van der Waals surface area contributed by atoms with Gasteiger partial charge in [0.05, 0.1) is 6.54 Å². The summed E-state index contributed by atoms with van der Waals surface area (Å²) in [5.41, 5.74) is -0.520. The summed E-state index contributed by atoms with van der Waals surface area (Å²) >= 11 is 0. The topological polar surface area (TPSA) is 98.8 Å². The van der Waals surface area contributed by atoms with Gasteiger partial charge in [-0.25, -0.2) is 9.18 Å². The first-order valence-corrected chi connectivity index (χ1v) is 9.66. The molecule has 8 nitrogen and oxygen atoms in total. The standard InChI is InChI=1S/C20H25FN4O4/c1-13-5-3-4-10-20(13)18(28)25(19(29)23-20)12-17(27)24(2)11-16(26)22-15-8-6-14(21)7-9-15/h6-9,13H,3-5,10-12H2,1-2H3,(H,22,26)(H,23,29)/t13-,20+/m0/s1. The minimum absolute atomic E-state index is 0.00650. The Hall–Kier alpha value is -2.97. The highest BCUT2D eigenvalue weighted by atomic mass is 19.1. The maximum Gasteiger partial charge on any atom is 0.325 e. The van der Waals surface area contributed by atoms with Crippen LogP contribution in [0.2, 0.25) is 0 Å². The van der Waals surface area contributed by atoms with E-state index >= 15 is 0 Å². The smallest absolute Gasteiger partial charge is 0.325 e. The van der Waals surface area contributed by atoms with Gasteiger partial charge in [0.25, 0.3) is 5.91 Å². The number of hydrogen-bond acceptors (Lipinski definition) is 4. The van der Waals surface area contributed by atoms with Crippen molar-refractivity contribution in [2.45, 2.75) is 38.1 Å². The Morgan fingerprint density at radius 3 is 2.62 bits per heavy atom. The average molecular weight is 404 g/mol. The van der Waals surface area contributed by atoms with Gasteiger partial charge in [0.2, 0.25) is 11.8 Å². The fraction of sp³-hybridized carbons (Fsp3) is 0.500. The van der Waals surface area contributed by atoms with Gasteiger partial charge in [-0.15, -0.1) is 0 Å². The van der Waals surface area contributed by atoms with Crippen molar-refractivity contribution in [3.05, 3.63) is 30.1 Å². The van der Waals surface area contributed by atoms with Crippen LogP contribution < -0.4 is 10.6 Å². The van der Waals surface area contributed by atoms with E-state index in [2.05, 4.69) is 10.6 Å². The van der Waals surface area contributed by atoms with Crippen LogP contribution in [0.5, 0.6) is 0 Å². The molecule has 0 radical (unpaired) electrons. The lowest BCUT2D eigenvalue weighted by Gasteiger charge is -2.36. The molecule has 2 N–H and O–H groups in total. The number of rotatable bonds is 5. The van der Waals surface area contributed by atoms with Crippen LogP contribution in [0.25, 0.3) is 0 Å². The maximum atomic E-state index is 12.9. The predicted octanol–water partition coefficient (Wildman–Crippen LogP) is 1.72. The first-order valence-electron chi connectivity index (χ1n) is 9.66. The third-order valence-electron chi connectivity index (χ3n) is 5.73. The molecule has 0 aromatic heterocycles. The van der Waals surface area contributed by atoms with Gasteiger partial charge in [0.15, 0.2) is 0 Å². The van der Waals surface area contributed by atoms with Crippen LogP contribution in [0.1, 0.15) is 32.6 Å². The van der Waals surface area contributed by atoms with Gasteiger partial charge in [-0.3, -0.25) is 19.3 Å². The Labute approximate surface area is 168 Å². The molecule has 1 heterocycles. The molecule has 156 valence electrons. The zero-order valence-electron chi connectivity index (χ0n) is 16.5. The highest BCUT2D eigenvalue weighted by Crippen LogP contribution is 2.38. The van der Waals surface area contributed by atoms with E-state index in [9.17, 15) is 23.6 Å². The molecule has 2 atom stereocenters. The van der Waals surface area contributed by atoms with Crippen LogP contribution in [0.15, 0.2) is 24.3 Å². The number of imide groups is 1. The SMILES string of the molecule is C[C@H]1CCCC[C@@]12NC(=O)N(CC(=O)N(C)CC(=O)Nc1ccc(F)cc1)C2=O. The maximum absolute atomic E-state index is 12.9. The molecule has 5 amide bonds. The minimum atomic E-state index is -0.922. The van der Waals surface area contributed by atoms with Crippen molar-refractivity contribution in [1.82, 2.24) is 15.1 Å². The number of carbonyl (C=O) groups is 4. The summed E-state index contributed by atoms with van der Waals surface area (Å²) in [6.45, 7) is 1.26. The minimum Gasteiger partial charge on any atom is -0.335 e. The second-order valence-electron chi connectivity index (χ2n) is 7.74. The lowest BCUT2D eigenvalue weighted by atomic mass is 9.73. The third kappa shape index (κ3) is 4.23. The molecule has 1 saturated carbocycles. The van der Waals surface area contributed by atoms with E-state index in [1.54, 1.807) is 0 Å². The van der Waals surface area contributed by atoms with Crippen molar-refractivity contribution in [1.29, 1.82) is 0 Å². The Morgan fingerprint density at radius 1 is 1.28 bits per heavy atom. The predicted molar refractivity (Wildman–Crippen MR) is 103 cm³/mol. The largest absolute Gasteiger partial charge is 0.335 e. The first-order chi connectivity index (χ1) is 13.7. The number of anilines is 1. The number of amides is 5. The van der Waals surface area contributed by atoms with Crippen LogP contribution in [0, 0.1) is 11.7 Å². The van der Waals surface area contributed by atoms with Gasteiger partial charge < -0.3 is 15.5 Å². The van der Waals surface area contributed by atoms with E-state index in [-0.39, 0.29) is 18.4 Å². The van der Waals surface area contributed by atoms with Crippen molar-refractivity contribution in [2.24, 2.45) is 5.92 Å². The summed E-state index contributed by atoms with van der Waals surface area (Å²) in [6.07, 6.45) is 3.27. The molecule has 29 heavy (non-hydrogen) atoms. The number of halogens is 1. The Morgan fingerprint density at radius 2 is 1.97 bits per heavy atom. The van der Waals surface area contributed by atoms with Crippen molar-refractivity contribution in [3.8, 4) is 0 Å². The van der Waals surface area contributed by atoms with E-state index in [1.165, 1.54) is 31.3 Å². The molecule has 1 aliphatic carbocycles. The number of benzene rings is 1. The molecular weight excluding hydrogens is 379 g/mol. The van der Waals surface area contributed by atoms with Gasteiger partial charge in [0, 0.05) is 12.7 Å². The van der Waals surface area contributed by atoms with Crippen LogP contribution in [0.4, 0.5) is 14.9 Å². The quantitative estimate of drug-likeness (QED) is 0.730. The summed E-state index contributed by atoms with van der Waals surface area (Å²) in [7, 11) is 1.42. The van der Waals surface area contributed by atoms with Crippen LogP contribution in [-0.4, -0.2) is 59.2 Å². The fourth-order valence-electron chi connectivity index (χ4n) is 3.93. The summed E-state index contributed by atoms with van der Waals surface area (Å²) in [5, 5.41) is 5.36. The number of hydrogen-bond donors (Lipinski definition) is 2. The van der Waals surface area contributed by atoms with Gasteiger partial charge >= 0.3 is 6.03 Å². The monoisotopic (exact) mass is 404 g/mol. The zero-order chi connectivity index (χ0) is 21.2. The lowest BCUT2D eigenvalue weighted by molar-refractivity contribution is -0.140. The van der Waals surface area contributed by atoms with Crippen molar-refractivity contribution < 1.29 is 23.6 Å². The van der Waals surface area contributed by atoms with Crippen molar-refractivity contribution in [2.75, 3.05) is 25.5 Å². The molecule has 3 rings (SSSR count). The molecule has 1 spiro atoms. The summed E-state index contributed by atoms with van der Waals surface area (Å²) in [6, 6.07) is 4.68. The molecule has 1 aliphatic heterocycles. The Bertz CT molecular complexity index is 828. The first kappa shape index (κ1) is 20.8. The number of nitrogens with zero attached hydrogens (tertiary/aromatic N) is 2. The van der Waals surface area contributed by atoms with Gasteiger partial charge in [-0.2, -0.15) is 0 Å². The molecule has 1 saturated heterocycles. The Kier molecular flexibility index (Phi) is 5.86. The summed E-state index contributed by atoms with van der Waals surface area (Å²) in [4.78, 5) is 52.0. The molecule has 2 aliphatic rings. The molecular formula is C20H25FN4O4. The van der Waals surface area contributed by atoms with Crippen molar-refractivity contribution in [3.63, 3.8) is 0 Å². The molecule has 9 heteroatoms. The second-order valence-corrected chi connectivity index (χ2v) is 7.74. The van der Waals surface area contributed by atoms with Crippen LogP contribution in [-0.2, 0) is 14.4 Å². The van der Waals surface area contributed by atoms with E-state index < -0.39 is 35.7 Å². The third-order valence-corrected chi connectivity index (χ3v) is 5.73. The van der Waals surface area contributed by atoms with Gasteiger partial charge in [-0.05, 0) is 43.0 Å². The summed E-state index contributed by atoms with van der Waals surface area (Å²) in [5.74, 6) is -1.78. The second kappa shape index (κ2) is 8.18. The van der Waals surface area contributed by atoms with Crippen molar-refractivity contribution >= 4 is 29.4 Å². The highest BCUT2D eigenvalue weighted by Gasteiger charge is 2.55. The molecule has 2 fully saturated rings. The molecule has 1 aromatic rings. The normalized spacial score (nSPS) is 23.8. The highest BCUT2D eigenvalue weighted by molar-refractivity contribution is 6.09. The number of urea groups is 1. The summed E-state index contributed by atoms with van der Waals surface area (Å²) < 4.78 is 12.9. The van der Waals surface area contributed by atoms with Gasteiger partial charge in [-0.1, -0.05) is 19.8 Å². The van der Waals surface area contributed by atoms with Gasteiger partial charge in [0.1, 0.15) is 17.9 Å². The average Bonchev–Trinajstić information content (AvgIpc) is 2.91. The zero-order valence-corrected chi connectivity index (χ0v) is 16.5. The van der Waals surface area contributed by atoms with Crippen LogP contribution in [0.3, 0.4) is 0 Å². The van der Waals surface area contributed by atoms with E-state index in [4.69, 9.17) is 0 Å². The number of nitrogens with one attached hydrogen (secondary N) is 2. The van der Waals surface area contributed by atoms with E-state index in [1.807, 2.05) is 6.92 Å². The molecule has 1 aromatic carbocycles. The fourth-order valence-corrected chi connectivity index (χ4v) is 3.93. The molecule has 0 bridgehead atoms. The van der Waals surface area contributed by atoms with E-state index in [0.717, 1.165) is 29.1 Å². The van der Waals surface area contributed by atoms with E-state index in [0.29, 0.717) is 12.1 Å². The number of likely N-dealkylation sites (N-methyl/N-ethyl adjacent to an activating group) is 1. The van der Waals surface area contributed by atoms with Crippen LogP contribution >= 0.6 is 0 Å². The Balaban J connectivity index is 1.57. The lowest BCUT2D eigenvalue weighted by Crippen LogP contribution is -2.54. The number of carbonyl (C=O) groups excluding carboxylic acids is 4.